The number of nitrogens with one attached hydrogen (secondary N) is 1. The van der Waals surface area contributed by atoms with Crippen molar-refractivity contribution in [2.24, 2.45) is 5.92 Å². The van der Waals surface area contributed by atoms with E-state index >= 15 is 0 Å². The third-order valence-corrected chi connectivity index (χ3v) is 4.62. The lowest BCUT2D eigenvalue weighted by Crippen LogP contribution is -2.39. The molecule has 1 aromatic rings. The van der Waals surface area contributed by atoms with Crippen LogP contribution in [0.25, 0.3) is 0 Å². The Kier molecular flexibility index (Phi) is 7.06. The highest BCUT2D eigenvalue weighted by Gasteiger charge is 2.32. The Morgan fingerprint density at radius 3 is 2.75 bits per heavy atom. The number of likely N-dealkylation sites (tertiary alicyclic amines) is 1. The Morgan fingerprint density at radius 1 is 1.33 bits per heavy atom. The van der Waals surface area contributed by atoms with Crippen molar-refractivity contribution in [2.75, 3.05) is 27.3 Å². The molecular weight excluding hydrogens is 304 g/mol. The number of hydrogen-bond donors (Lipinski definition) is 1. The maximum atomic E-state index is 11.4. The molecule has 1 heterocycles. The van der Waals surface area contributed by atoms with Gasteiger partial charge in [-0.15, -0.1) is 0 Å². The summed E-state index contributed by atoms with van der Waals surface area (Å²) in [7, 11) is 3.38. The summed E-state index contributed by atoms with van der Waals surface area (Å²) in [5.74, 6) is 1.47. The number of rotatable bonds is 8. The molecule has 0 aromatic heterocycles. The van der Waals surface area contributed by atoms with E-state index in [1.54, 1.807) is 21.1 Å². The molecule has 1 fully saturated rings. The molecule has 1 aliphatic heterocycles. The fraction of sp³-hybridized carbons (Fsp3) is 0.632. The third-order valence-electron chi connectivity index (χ3n) is 4.62. The first-order chi connectivity index (χ1) is 11.6. The van der Waals surface area contributed by atoms with E-state index in [2.05, 4.69) is 29.3 Å². The Labute approximate surface area is 145 Å². The molecule has 0 unspecified atom stereocenters. The third kappa shape index (κ3) is 4.95. The van der Waals surface area contributed by atoms with E-state index in [1.165, 1.54) is 5.56 Å². The fourth-order valence-electron chi connectivity index (χ4n) is 3.63. The minimum atomic E-state index is 0.0646. The van der Waals surface area contributed by atoms with E-state index in [9.17, 15) is 4.79 Å². The maximum Gasteiger partial charge on any atom is 0.217 e. The number of amides is 1. The number of hydrogen-bond acceptors (Lipinski definition) is 4. The lowest BCUT2D eigenvalue weighted by molar-refractivity contribution is -0.119. The zero-order valence-electron chi connectivity index (χ0n) is 15.3. The Morgan fingerprint density at radius 2 is 2.12 bits per heavy atom. The van der Waals surface area contributed by atoms with Gasteiger partial charge in [-0.1, -0.05) is 19.4 Å². The van der Waals surface area contributed by atoms with Gasteiger partial charge in [-0.2, -0.15) is 0 Å². The van der Waals surface area contributed by atoms with Crippen molar-refractivity contribution in [3.63, 3.8) is 0 Å². The average Bonchev–Trinajstić information content (AvgIpc) is 2.89. The molecule has 0 radical (unpaired) electrons. The quantitative estimate of drug-likeness (QED) is 0.794. The molecule has 0 saturated carbocycles. The number of methoxy groups -OCH3 is 2. The Bertz CT molecular complexity index is 547. The molecule has 1 N–H and O–H groups in total. The number of ether oxygens (including phenoxy) is 2. The molecule has 2 atom stereocenters. The topological polar surface area (TPSA) is 50.8 Å². The van der Waals surface area contributed by atoms with Crippen LogP contribution in [0, 0.1) is 5.92 Å². The number of carbonyl (C=O) groups is 1. The summed E-state index contributed by atoms with van der Waals surface area (Å²) >= 11 is 0. The molecule has 1 aliphatic rings. The van der Waals surface area contributed by atoms with Gasteiger partial charge in [-0.05, 0) is 30.0 Å². The van der Waals surface area contributed by atoms with Crippen molar-refractivity contribution in [3.05, 3.63) is 29.3 Å². The molecule has 134 valence electrons. The Hall–Kier alpha value is -1.59. The van der Waals surface area contributed by atoms with Gasteiger partial charge in [0.05, 0.1) is 13.7 Å². The number of carbonyl (C=O) groups excluding carboxylic acids is 1. The zero-order chi connectivity index (χ0) is 17.5. The van der Waals surface area contributed by atoms with Gasteiger partial charge in [-0.3, -0.25) is 9.69 Å². The average molecular weight is 334 g/mol. The van der Waals surface area contributed by atoms with Crippen molar-refractivity contribution in [1.29, 1.82) is 0 Å². The zero-order valence-corrected chi connectivity index (χ0v) is 15.3. The molecular formula is C19H30N2O3. The summed E-state index contributed by atoms with van der Waals surface area (Å²) in [6, 6.07) is 6.54. The van der Waals surface area contributed by atoms with E-state index in [-0.39, 0.29) is 11.9 Å². The predicted molar refractivity (Wildman–Crippen MR) is 95.0 cm³/mol. The molecule has 1 saturated heterocycles. The maximum absolute atomic E-state index is 11.4. The summed E-state index contributed by atoms with van der Waals surface area (Å²) in [6.07, 6.45) is 2.30. The van der Waals surface area contributed by atoms with Crippen LogP contribution in [0.2, 0.25) is 0 Å². The first-order valence-corrected chi connectivity index (χ1v) is 8.71. The molecule has 5 heteroatoms. The van der Waals surface area contributed by atoms with Crippen LogP contribution in [0.15, 0.2) is 18.2 Å². The van der Waals surface area contributed by atoms with Crippen LogP contribution >= 0.6 is 0 Å². The standard InChI is InChI=1S/C19H30N2O3/c1-5-6-16-11-21(12-18(16)20-14(2)22)10-15-7-8-19(24-4)17(9-15)13-23-3/h7-9,16,18H,5-6,10-13H2,1-4H3,(H,20,22)/t16-,18-/m1/s1. The van der Waals surface area contributed by atoms with Gasteiger partial charge < -0.3 is 14.8 Å². The van der Waals surface area contributed by atoms with E-state index in [0.717, 1.165) is 43.8 Å². The lowest BCUT2D eigenvalue weighted by Gasteiger charge is -2.18. The van der Waals surface area contributed by atoms with Gasteiger partial charge in [0.2, 0.25) is 5.91 Å². The molecule has 1 amide bonds. The number of nitrogens with zero attached hydrogens (tertiary/aromatic N) is 1. The number of benzene rings is 1. The van der Waals surface area contributed by atoms with Gasteiger partial charge in [0.25, 0.3) is 0 Å². The van der Waals surface area contributed by atoms with Crippen molar-refractivity contribution in [2.45, 2.75) is 45.9 Å². The van der Waals surface area contributed by atoms with Crippen LogP contribution in [-0.4, -0.2) is 44.2 Å². The summed E-state index contributed by atoms with van der Waals surface area (Å²) in [5.41, 5.74) is 2.32. The fourth-order valence-corrected chi connectivity index (χ4v) is 3.63. The normalized spacial score (nSPS) is 21.0. The van der Waals surface area contributed by atoms with Gasteiger partial charge in [0.15, 0.2) is 0 Å². The smallest absolute Gasteiger partial charge is 0.217 e. The highest BCUT2D eigenvalue weighted by atomic mass is 16.5. The predicted octanol–water partition coefficient (Wildman–Crippen LogP) is 2.58. The van der Waals surface area contributed by atoms with Crippen LogP contribution < -0.4 is 10.1 Å². The molecule has 1 aromatic carbocycles. The molecule has 24 heavy (non-hydrogen) atoms. The van der Waals surface area contributed by atoms with Crippen molar-refractivity contribution < 1.29 is 14.3 Å². The molecule has 2 rings (SSSR count). The van der Waals surface area contributed by atoms with E-state index in [4.69, 9.17) is 9.47 Å². The van der Waals surface area contributed by atoms with E-state index < -0.39 is 0 Å². The van der Waals surface area contributed by atoms with Crippen LogP contribution in [0.4, 0.5) is 0 Å². The van der Waals surface area contributed by atoms with Gasteiger partial charge >= 0.3 is 0 Å². The lowest BCUT2D eigenvalue weighted by atomic mass is 9.98. The Balaban J connectivity index is 2.05. The molecule has 0 spiro atoms. The molecule has 0 aliphatic carbocycles. The summed E-state index contributed by atoms with van der Waals surface area (Å²) in [4.78, 5) is 13.9. The highest BCUT2D eigenvalue weighted by Crippen LogP contribution is 2.26. The summed E-state index contributed by atoms with van der Waals surface area (Å²) in [5, 5.41) is 3.12. The largest absolute Gasteiger partial charge is 0.496 e. The van der Waals surface area contributed by atoms with Crippen molar-refractivity contribution >= 4 is 5.91 Å². The van der Waals surface area contributed by atoms with Crippen molar-refractivity contribution in [3.8, 4) is 5.75 Å². The second-order valence-corrected chi connectivity index (χ2v) is 6.63. The van der Waals surface area contributed by atoms with Crippen LogP contribution in [-0.2, 0) is 22.7 Å². The molecule has 5 nitrogen and oxygen atoms in total. The SMILES string of the molecule is CCC[C@@H]1CN(Cc2ccc(OC)c(COC)c2)C[C@H]1NC(C)=O. The van der Waals surface area contributed by atoms with Crippen LogP contribution in [0.1, 0.15) is 37.8 Å². The first kappa shape index (κ1) is 18.7. The van der Waals surface area contributed by atoms with Gasteiger partial charge in [0, 0.05) is 45.3 Å². The van der Waals surface area contributed by atoms with Crippen LogP contribution in [0.5, 0.6) is 5.75 Å². The molecule has 0 bridgehead atoms. The van der Waals surface area contributed by atoms with Gasteiger partial charge in [0.1, 0.15) is 5.75 Å². The minimum absolute atomic E-state index is 0.0646. The minimum Gasteiger partial charge on any atom is -0.496 e. The monoisotopic (exact) mass is 334 g/mol. The van der Waals surface area contributed by atoms with Crippen LogP contribution in [0.3, 0.4) is 0 Å². The summed E-state index contributed by atoms with van der Waals surface area (Å²) < 4.78 is 10.7. The first-order valence-electron chi connectivity index (χ1n) is 8.71. The second-order valence-electron chi connectivity index (χ2n) is 6.63. The van der Waals surface area contributed by atoms with Gasteiger partial charge in [-0.25, -0.2) is 0 Å². The van der Waals surface area contributed by atoms with E-state index in [0.29, 0.717) is 12.5 Å². The summed E-state index contributed by atoms with van der Waals surface area (Å²) in [6.45, 7) is 7.18. The van der Waals surface area contributed by atoms with E-state index in [1.807, 2.05) is 6.07 Å². The highest BCUT2D eigenvalue weighted by molar-refractivity contribution is 5.73. The second kappa shape index (κ2) is 9.04. The van der Waals surface area contributed by atoms with Crippen molar-refractivity contribution in [1.82, 2.24) is 10.2 Å².